The molecule has 0 saturated heterocycles. The third-order valence-corrected chi connectivity index (χ3v) is 3.68. The molecule has 124 valence electrons. The van der Waals surface area contributed by atoms with Crippen LogP contribution < -0.4 is 10.6 Å². The Morgan fingerprint density at radius 3 is 2.57 bits per heavy atom. The molecule has 1 aromatic rings. The Labute approximate surface area is 133 Å². The Hall–Kier alpha value is -2.47. The topological polar surface area (TPSA) is 116 Å². The lowest BCUT2D eigenvalue weighted by molar-refractivity contribution is -0.122. The van der Waals surface area contributed by atoms with Crippen LogP contribution in [0.2, 0.25) is 0 Å². The normalized spacial score (nSPS) is 12.0. The fourth-order valence-electron chi connectivity index (χ4n) is 1.73. The molecular formula is C14H16FN3O4S. The monoisotopic (exact) mass is 341 g/mol. The van der Waals surface area contributed by atoms with Crippen molar-refractivity contribution < 1.29 is 22.4 Å². The molecule has 0 spiro atoms. The molecule has 1 unspecified atom stereocenters. The number of carbonyl (C=O) groups excluding carboxylic acids is 2. The summed E-state index contributed by atoms with van der Waals surface area (Å²) in [5.74, 6) is -3.07. The number of nitriles is 1. The quantitative estimate of drug-likeness (QED) is 0.677. The van der Waals surface area contributed by atoms with Crippen LogP contribution in [0.4, 0.5) is 4.39 Å². The molecule has 0 aliphatic rings. The summed E-state index contributed by atoms with van der Waals surface area (Å²) in [4.78, 5) is 24.0. The Balaban J connectivity index is 2.88. The lowest BCUT2D eigenvalue weighted by Gasteiger charge is -2.17. The Kier molecular flexibility index (Phi) is 6.65. The van der Waals surface area contributed by atoms with Crippen molar-refractivity contribution in [2.75, 3.05) is 18.6 Å². The van der Waals surface area contributed by atoms with Crippen LogP contribution in [0.25, 0.3) is 0 Å². The van der Waals surface area contributed by atoms with Gasteiger partial charge < -0.3 is 10.6 Å². The lowest BCUT2D eigenvalue weighted by Crippen LogP contribution is -2.50. The summed E-state index contributed by atoms with van der Waals surface area (Å²) in [6.45, 7) is 0.0190. The first-order valence-electron chi connectivity index (χ1n) is 6.62. The van der Waals surface area contributed by atoms with E-state index in [4.69, 9.17) is 5.26 Å². The summed E-state index contributed by atoms with van der Waals surface area (Å²) in [5, 5.41) is 13.0. The van der Waals surface area contributed by atoms with Crippen LogP contribution in [0, 0.1) is 17.1 Å². The average Bonchev–Trinajstić information content (AvgIpc) is 2.45. The van der Waals surface area contributed by atoms with Crippen LogP contribution in [-0.4, -0.2) is 44.8 Å². The van der Waals surface area contributed by atoms with E-state index in [1.807, 2.05) is 6.07 Å². The van der Waals surface area contributed by atoms with Gasteiger partial charge in [-0.2, -0.15) is 5.26 Å². The van der Waals surface area contributed by atoms with Crippen molar-refractivity contribution in [1.82, 2.24) is 10.6 Å². The standard InChI is InChI=1S/C14H16FN3O4S/c1-23(21,22)9-12(14(20)17-8-4-7-16)18-13(19)10-5-2-3-6-11(10)15/h2-3,5-6,12H,4,8-9H2,1H3,(H,17,20)(H,18,19). The minimum Gasteiger partial charge on any atom is -0.353 e. The van der Waals surface area contributed by atoms with Gasteiger partial charge >= 0.3 is 0 Å². The predicted octanol–water partition coefficient (Wildman–Crippen LogP) is -0.00142. The minimum absolute atomic E-state index is 0.0190. The first-order valence-corrected chi connectivity index (χ1v) is 8.68. The molecule has 0 saturated carbocycles. The van der Waals surface area contributed by atoms with Crippen LogP contribution in [0.5, 0.6) is 0 Å². The number of nitrogens with one attached hydrogen (secondary N) is 2. The number of nitrogens with zero attached hydrogens (tertiary/aromatic N) is 1. The van der Waals surface area contributed by atoms with E-state index in [9.17, 15) is 22.4 Å². The molecular weight excluding hydrogens is 325 g/mol. The maximum atomic E-state index is 13.6. The van der Waals surface area contributed by atoms with E-state index in [2.05, 4.69) is 10.6 Å². The summed E-state index contributed by atoms with van der Waals surface area (Å²) in [7, 11) is -3.57. The first kappa shape index (κ1) is 18.6. The molecule has 9 heteroatoms. The zero-order valence-electron chi connectivity index (χ0n) is 12.4. The van der Waals surface area contributed by atoms with Gasteiger partial charge in [0.1, 0.15) is 21.7 Å². The molecule has 0 aliphatic heterocycles. The van der Waals surface area contributed by atoms with Crippen molar-refractivity contribution in [2.45, 2.75) is 12.5 Å². The van der Waals surface area contributed by atoms with E-state index in [0.29, 0.717) is 0 Å². The summed E-state index contributed by atoms with van der Waals surface area (Å²) in [6.07, 6.45) is 0.955. The molecule has 0 aliphatic carbocycles. The average molecular weight is 341 g/mol. The molecule has 0 bridgehead atoms. The highest BCUT2D eigenvalue weighted by atomic mass is 32.2. The molecule has 0 fully saturated rings. The fraction of sp³-hybridized carbons (Fsp3) is 0.357. The van der Waals surface area contributed by atoms with Gasteiger partial charge in [-0.25, -0.2) is 12.8 Å². The molecule has 0 radical (unpaired) electrons. The largest absolute Gasteiger partial charge is 0.353 e. The maximum absolute atomic E-state index is 13.6. The number of hydrogen-bond donors (Lipinski definition) is 2. The smallest absolute Gasteiger partial charge is 0.254 e. The highest BCUT2D eigenvalue weighted by Crippen LogP contribution is 2.06. The number of amides is 2. The van der Waals surface area contributed by atoms with E-state index in [-0.39, 0.29) is 18.5 Å². The van der Waals surface area contributed by atoms with Crippen molar-refractivity contribution in [2.24, 2.45) is 0 Å². The summed E-state index contributed by atoms with van der Waals surface area (Å²) in [5.41, 5.74) is -0.296. The predicted molar refractivity (Wildman–Crippen MR) is 80.6 cm³/mol. The van der Waals surface area contributed by atoms with Crippen LogP contribution in [-0.2, 0) is 14.6 Å². The highest BCUT2D eigenvalue weighted by molar-refractivity contribution is 7.90. The number of rotatable bonds is 7. The minimum atomic E-state index is -3.57. The number of sulfone groups is 1. The molecule has 1 rings (SSSR count). The van der Waals surface area contributed by atoms with Gasteiger partial charge in [-0.1, -0.05) is 12.1 Å². The van der Waals surface area contributed by atoms with E-state index < -0.39 is 39.3 Å². The van der Waals surface area contributed by atoms with Crippen molar-refractivity contribution in [3.63, 3.8) is 0 Å². The molecule has 0 aromatic heterocycles. The molecule has 2 amide bonds. The van der Waals surface area contributed by atoms with Crippen LogP contribution >= 0.6 is 0 Å². The third kappa shape index (κ3) is 6.44. The van der Waals surface area contributed by atoms with Gasteiger partial charge in [0.15, 0.2) is 0 Å². The Morgan fingerprint density at radius 2 is 2.00 bits per heavy atom. The fourth-order valence-corrected chi connectivity index (χ4v) is 2.57. The zero-order valence-corrected chi connectivity index (χ0v) is 13.2. The van der Waals surface area contributed by atoms with Gasteiger partial charge in [0.25, 0.3) is 5.91 Å². The van der Waals surface area contributed by atoms with E-state index in [1.54, 1.807) is 0 Å². The second-order valence-corrected chi connectivity index (χ2v) is 6.98. The summed E-state index contributed by atoms with van der Waals surface area (Å²) >= 11 is 0. The molecule has 1 atom stereocenters. The van der Waals surface area contributed by atoms with Gasteiger partial charge in [-0.3, -0.25) is 9.59 Å². The number of hydrogen-bond acceptors (Lipinski definition) is 5. The van der Waals surface area contributed by atoms with E-state index in [1.165, 1.54) is 18.2 Å². The van der Waals surface area contributed by atoms with Crippen LogP contribution in [0.3, 0.4) is 0 Å². The lowest BCUT2D eigenvalue weighted by atomic mass is 10.2. The molecule has 0 heterocycles. The van der Waals surface area contributed by atoms with Crippen molar-refractivity contribution in [3.05, 3.63) is 35.6 Å². The summed E-state index contributed by atoms with van der Waals surface area (Å²) in [6, 6.07) is 5.57. The zero-order chi connectivity index (χ0) is 17.5. The second-order valence-electron chi connectivity index (χ2n) is 4.80. The van der Waals surface area contributed by atoms with Gasteiger partial charge in [0.05, 0.1) is 23.8 Å². The highest BCUT2D eigenvalue weighted by Gasteiger charge is 2.26. The van der Waals surface area contributed by atoms with Crippen LogP contribution in [0.15, 0.2) is 24.3 Å². The molecule has 2 N–H and O–H groups in total. The SMILES string of the molecule is CS(=O)(=O)CC(NC(=O)c1ccccc1F)C(=O)NCCC#N. The van der Waals surface area contributed by atoms with Gasteiger partial charge in [-0.15, -0.1) is 0 Å². The Morgan fingerprint density at radius 1 is 1.35 bits per heavy atom. The van der Waals surface area contributed by atoms with Crippen LogP contribution in [0.1, 0.15) is 16.8 Å². The van der Waals surface area contributed by atoms with Gasteiger partial charge in [0.2, 0.25) is 5.91 Å². The van der Waals surface area contributed by atoms with Gasteiger partial charge in [-0.05, 0) is 12.1 Å². The molecule has 23 heavy (non-hydrogen) atoms. The third-order valence-electron chi connectivity index (χ3n) is 2.75. The maximum Gasteiger partial charge on any atom is 0.254 e. The van der Waals surface area contributed by atoms with Crippen molar-refractivity contribution >= 4 is 21.7 Å². The molecule has 7 nitrogen and oxygen atoms in total. The number of halogens is 1. The van der Waals surface area contributed by atoms with Gasteiger partial charge in [0, 0.05) is 12.8 Å². The summed E-state index contributed by atoms with van der Waals surface area (Å²) < 4.78 is 36.4. The number of benzene rings is 1. The second kappa shape index (κ2) is 8.24. The number of carbonyl (C=O) groups is 2. The van der Waals surface area contributed by atoms with Crippen molar-refractivity contribution in [3.8, 4) is 6.07 Å². The molecule has 1 aromatic carbocycles. The Bertz CT molecular complexity index is 728. The van der Waals surface area contributed by atoms with E-state index >= 15 is 0 Å². The first-order chi connectivity index (χ1) is 10.7. The van der Waals surface area contributed by atoms with Crippen molar-refractivity contribution in [1.29, 1.82) is 5.26 Å². The van der Waals surface area contributed by atoms with E-state index in [0.717, 1.165) is 12.3 Å².